The molecule has 2 rings (SSSR count). The highest BCUT2D eigenvalue weighted by Crippen LogP contribution is 2.21. The van der Waals surface area contributed by atoms with Crippen LogP contribution in [0.5, 0.6) is 0 Å². The third-order valence-corrected chi connectivity index (χ3v) is 5.20. The predicted molar refractivity (Wildman–Crippen MR) is 80.2 cm³/mol. The van der Waals surface area contributed by atoms with Gasteiger partial charge in [-0.3, -0.25) is 4.79 Å². The summed E-state index contributed by atoms with van der Waals surface area (Å²) in [6.45, 7) is 1.41. The lowest BCUT2D eigenvalue weighted by Gasteiger charge is -2.25. The maximum Gasteiger partial charge on any atom is 0.251 e. The lowest BCUT2D eigenvalue weighted by atomic mass is 10.0. The Morgan fingerprint density at radius 1 is 1.36 bits per heavy atom. The molecule has 7 nitrogen and oxygen atoms in total. The molecular weight excluding hydrogens is 308 g/mol. The van der Waals surface area contributed by atoms with Gasteiger partial charge in [0.2, 0.25) is 10.0 Å². The third-order valence-electron chi connectivity index (χ3n) is 3.77. The van der Waals surface area contributed by atoms with Gasteiger partial charge in [-0.05, 0) is 31.3 Å². The second-order valence-corrected chi connectivity index (χ2v) is 6.99. The average Bonchev–Trinajstić information content (AvgIpc) is 3.02. The van der Waals surface area contributed by atoms with Gasteiger partial charge in [-0.2, -0.15) is 0 Å². The summed E-state index contributed by atoms with van der Waals surface area (Å²) in [5, 5.41) is 2.80. The third kappa shape index (κ3) is 3.64. The van der Waals surface area contributed by atoms with E-state index in [9.17, 15) is 13.2 Å². The van der Waals surface area contributed by atoms with Crippen molar-refractivity contribution >= 4 is 15.9 Å². The predicted octanol–water partition coefficient (Wildman–Crippen LogP) is 0.130. The zero-order valence-electron chi connectivity index (χ0n) is 12.6. The van der Waals surface area contributed by atoms with E-state index < -0.39 is 15.6 Å². The van der Waals surface area contributed by atoms with E-state index in [0.29, 0.717) is 25.3 Å². The SMILES string of the molecule is CNS(=O)(=O)c1ccc(C(=O)NC[C@]2(OC)CCOC2)cc1. The van der Waals surface area contributed by atoms with E-state index in [2.05, 4.69) is 10.0 Å². The molecule has 1 heterocycles. The molecule has 1 aliphatic heterocycles. The number of amides is 1. The first kappa shape index (κ1) is 16.9. The number of hydrogen-bond donors (Lipinski definition) is 2. The lowest BCUT2D eigenvalue weighted by Crippen LogP contribution is -2.45. The van der Waals surface area contributed by atoms with E-state index in [-0.39, 0.29) is 10.8 Å². The molecule has 0 bridgehead atoms. The largest absolute Gasteiger partial charge is 0.378 e. The Balaban J connectivity index is 2.01. The Labute approximate surface area is 130 Å². The molecule has 0 aliphatic carbocycles. The number of rotatable bonds is 6. The van der Waals surface area contributed by atoms with Crippen molar-refractivity contribution < 1.29 is 22.7 Å². The maximum absolute atomic E-state index is 12.1. The zero-order chi connectivity index (χ0) is 16.2. The van der Waals surface area contributed by atoms with Gasteiger partial charge >= 0.3 is 0 Å². The van der Waals surface area contributed by atoms with Crippen LogP contribution in [0.15, 0.2) is 29.2 Å². The molecule has 0 saturated carbocycles. The van der Waals surface area contributed by atoms with Crippen molar-refractivity contribution in [1.82, 2.24) is 10.0 Å². The second-order valence-electron chi connectivity index (χ2n) is 5.10. The van der Waals surface area contributed by atoms with E-state index in [1.54, 1.807) is 7.11 Å². The van der Waals surface area contributed by atoms with Gasteiger partial charge in [-0.1, -0.05) is 0 Å². The number of carbonyl (C=O) groups excluding carboxylic acids is 1. The molecule has 1 saturated heterocycles. The maximum atomic E-state index is 12.1. The molecule has 1 amide bonds. The van der Waals surface area contributed by atoms with Crippen molar-refractivity contribution in [3.05, 3.63) is 29.8 Å². The van der Waals surface area contributed by atoms with Gasteiger partial charge in [-0.25, -0.2) is 13.1 Å². The van der Waals surface area contributed by atoms with Gasteiger partial charge in [-0.15, -0.1) is 0 Å². The van der Waals surface area contributed by atoms with Crippen LogP contribution in [-0.2, 0) is 19.5 Å². The summed E-state index contributed by atoms with van der Waals surface area (Å²) in [6.07, 6.45) is 0.725. The van der Waals surface area contributed by atoms with Crippen LogP contribution in [-0.4, -0.2) is 53.8 Å². The molecule has 8 heteroatoms. The number of sulfonamides is 1. The van der Waals surface area contributed by atoms with Crippen molar-refractivity contribution in [3.8, 4) is 0 Å². The van der Waals surface area contributed by atoms with E-state index in [4.69, 9.17) is 9.47 Å². The van der Waals surface area contributed by atoms with E-state index in [1.165, 1.54) is 31.3 Å². The molecule has 122 valence electrons. The molecule has 1 atom stereocenters. The van der Waals surface area contributed by atoms with Crippen molar-refractivity contribution in [2.24, 2.45) is 0 Å². The minimum atomic E-state index is -3.50. The van der Waals surface area contributed by atoms with Gasteiger partial charge in [0.15, 0.2) is 0 Å². The standard InChI is InChI=1S/C14H20N2O5S/c1-15-22(18,19)12-5-3-11(4-6-12)13(17)16-9-14(20-2)7-8-21-10-14/h3-6,15H,7-10H2,1-2H3,(H,16,17)/t14-/m1/s1. The van der Waals surface area contributed by atoms with Crippen LogP contribution >= 0.6 is 0 Å². The minimum absolute atomic E-state index is 0.115. The number of ether oxygens (including phenoxy) is 2. The van der Waals surface area contributed by atoms with Crippen LogP contribution < -0.4 is 10.0 Å². The Morgan fingerprint density at radius 3 is 2.55 bits per heavy atom. The number of carbonyl (C=O) groups is 1. The number of methoxy groups -OCH3 is 1. The minimum Gasteiger partial charge on any atom is -0.378 e. The average molecular weight is 328 g/mol. The Morgan fingerprint density at radius 2 is 2.05 bits per heavy atom. The van der Waals surface area contributed by atoms with Crippen LogP contribution in [0.1, 0.15) is 16.8 Å². The van der Waals surface area contributed by atoms with Crippen LogP contribution in [0, 0.1) is 0 Å². The summed E-state index contributed by atoms with van der Waals surface area (Å²) in [6, 6.07) is 5.74. The summed E-state index contributed by atoms with van der Waals surface area (Å²) in [7, 11) is -0.565. The van der Waals surface area contributed by atoms with Crippen molar-refractivity contribution in [3.63, 3.8) is 0 Å². The highest BCUT2D eigenvalue weighted by molar-refractivity contribution is 7.89. The molecule has 0 unspecified atom stereocenters. The van der Waals surface area contributed by atoms with Crippen LogP contribution in [0.4, 0.5) is 0 Å². The van der Waals surface area contributed by atoms with Crippen LogP contribution in [0.3, 0.4) is 0 Å². The molecule has 1 fully saturated rings. The summed E-state index contributed by atoms with van der Waals surface area (Å²) < 4.78 is 36.2. The fourth-order valence-corrected chi connectivity index (χ4v) is 2.94. The molecule has 1 aromatic rings. The van der Waals surface area contributed by atoms with E-state index in [0.717, 1.165) is 6.42 Å². The molecule has 2 N–H and O–H groups in total. The summed E-state index contributed by atoms with van der Waals surface area (Å²) in [5.74, 6) is -0.281. The van der Waals surface area contributed by atoms with Crippen molar-refractivity contribution in [2.75, 3.05) is 33.9 Å². The molecule has 0 aromatic heterocycles. The molecule has 1 aromatic carbocycles. The second kappa shape index (κ2) is 6.74. The molecule has 1 aliphatic rings. The van der Waals surface area contributed by atoms with Gasteiger partial charge in [0, 0.05) is 32.2 Å². The molecular formula is C14H20N2O5S. The molecule has 0 spiro atoms. The van der Waals surface area contributed by atoms with E-state index >= 15 is 0 Å². The number of nitrogens with one attached hydrogen (secondary N) is 2. The highest BCUT2D eigenvalue weighted by atomic mass is 32.2. The monoisotopic (exact) mass is 328 g/mol. The lowest BCUT2D eigenvalue weighted by molar-refractivity contribution is -0.0148. The first-order chi connectivity index (χ1) is 10.4. The van der Waals surface area contributed by atoms with Gasteiger partial charge in [0.05, 0.1) is 11.5 Å². The quantitative estimate of drug-likeness (QED) is 0.774. The summed E-state index contributed by atoms with van der Waals surface area (Å²) >= 11 is 0. The zero-order valence-corrected chi connectivity index (χ0v) is 13.4. The van der Waals surface area contributed by atoms with Crippen molar-refractivity contribution in [1.29, 1.82) is 0 Å². The number of hydrogen-bond acceptors (Lipinski definition) is 5. The first-order valence-corrected chi connectivity index (χ1v) is 8.35. The van der Waals surface area contributed by atoms with Crippen LogP contribution in [0.25, 0.3) is 0 Å². The van der Waals surface area contributed by atoms with E-state index in [1.807, 2.05) is 0 Å². The highest BCUT2D eigenvalue weighted by Gasteiger charge is 2.35. The van der Waals surface area contributed by atoms with Gasteiger partial charge in [0.1, 0.15) is 5.60 Å². The van der Waals surface area contributed by atoms with Crippen molar-refractivity contribution in [2.45, 2.75) is 16.9 Å². The summed E-state index contributed by atoms with van der Waals surface area (Å²) in [4.78, 5) is 12.2. The topological polar surface area (TPSA) is 93.7 Å². The molecule has 22 heavy (non-hydrogen) atoms. The molecule has 0 radical (unpaired) electrons. The fourth-order valence-electron chi connectivity index (χ4n) is 2.21. The number of benzene rings is 1. The normalized spacial score (nSPS) is 21.7. The van der Waals surface area contributed by atoms with Gasteiger partial charge in [0.25, 0.3) is 5.91 Å². The van der Waals surface area contributed by atoms with Gasteiger partial charge < -0.3 is 14.8 Å². The fraction of sp³-hybridized carbons (Fsp3) is 0.500. The first-order valence-electron chi connectivity index (χ1n) is 6.87. The van der Waals surface area contributed by atoms with Crippen LogP contribution in [0.2, 0.25) is 0 Å². The Hall–Kier alpha value is -1.48. The smallest absolute Gasteiger partial charge is 0.251 e. The summed E-state index contributed by atoms with van der Waals surface area (Å²) in [5.41, 5.74) is -0.0920. The Kier molecular flexibility index (Phi) is 5.17. The Bertz CT molecular complexity index is 621.